The summed E-state index contributed by atoms with van der Waals surface area (Å²) >= 11 is 6.09. The molecule has 0 spiro atoms. The van der Waals surface area contributed by atoms with Crippen molar-refractivity contribution in [3.63, 3.8) is 0 Å². The minimum atomic E-state index is -3.57. The van der Waals surface area contributed by atoms with Gasteiger partial charge in [-0.15, -0.1) is 0 Å². The van der Waals surface area contributed by atoms with E-state index >= 15 is 0 Å². The van der Waals surface area contributed by atoms with Gasteiger partial charge in [-0.05, 0) is 36.7 Å². The number of halogens is 1. The quantitative estimate of drug-likeness (QED) is 0.726. The van der Waals surface area contributed by atoms with Gasteiger partial charge in [0.25, 0.3) is 0 Å². The SMILES string of the molecule is CCNCc1cc(S(=O)(=O)NC(CC)COC)ccc1Cl. The largest absolute Gasteiger partial charge is 0.383 e. The van der Waals surface area contributed by atoms with Crippen molar-refractivity contribution in [2.24, 2.45) is 0 Å². The molecule has 0 fully saturated rings. The summed E-state index contributed by atoms with van der Waals surface area (Å²) in [6, 6.07) is 4.49. The van der Waals surface area contributed by atoms with Crippen LogP contribution in [0.4, 0.5) is 0 Å². The van der Waals surface area contributed by atoms with Crippen molar-refractivity contribution in [2.45, 2.75) is 37.8 Å². The van der Waals surface area contributed by atoms with Crippen LogP contribution in [-0.4, -0.2) is 34.7 Å². The summed E-state index contributed by atoms with van der Waals surface area (Å²) in [5.41, 5.74) is 0.765. The molecule has 5 nitrogen and oxygen atoms in total. The predicted octanol–water partition coefficient (Wildman–Crippen LogP) is 2.15. The number of hydrogen-bond donors (Lipinski definition) is 2. The maximum Gasteiger partial charge on any atom is 0.240 e. The Morgan fingerprint density at radius 2 is 2.05 bits per heavy atom. The monoisotopic (exact) mass is 334 g/mol. The van der Waals surface area contributed by atoms with E-state index in [2.05, 4.69) is 10.0 Å². The highest BCUT2D eigenvalue weighted by Crippen LogP contribution is 2.20. The highest BCUT2D eigenvalue weighted by atomic mass is 35.5. The summed E-state index contributed by atoms with van der Waals surface area (Å²) in [6.07, 6.45) is 0.658. The molecule has 7 heteroatoms. The number of benzene rings is 1. The first kappa shape index (κ1) is 18.4. The average Bonchev–Trinajstić information content (AvgIpc) is 2.45. The molecule has 0 aliphatic heterocycles. The highest BCUT2D eigenvalue weighted by Gasteiger charge is 2.20. The van der Waals surface area contributed by atoms with E-state index in [0.29, 0.717) is 24.6 Å². The first-order valence-electron chi connectivity index (χ1n) is 6.95. The Morgan fingerprint density at radius 1 is 1.33 bits per heavy atom. The molecule has 120 valence electrons. The van der Waals surface area contributed by atoms with Crippen LogP contribution in [-0.2, 0) is 21.3 Å². The lowest BCUT2D eigenvalue weighted by molar-refractivity contribution is 0.173. The van der Waals surface area contributed by atoms with Crippen LogP contribution in [0.25, 0.3) is 0 Å². The molecule has 0 heterocycles. The van der Waals surface area contributed by atoms with Crippen molar-refractivity contribution in [1.29, 1.82) is 0 Å². The Hall–Kier alpha value is -0.660. The second-order valence-corrected chi connectivity index (χ2v) is 6.84. The second-order valence-electron chi connectivity index (χ2n) is 4.72. The Labute approximate surface area is 132 Å². The minimum absolute atomic E-state index is 0.217. The normalized spacial score (nSPS) is 13.3. The van der Waals surface area contributed by atoms with E-state index in [0.717, 1.165) is 12.1 Å². The standard InChI is InChI=1S/C14H23ClN2O3S/c1-4-12(10-20-3)17-21(18,19)13-6-7-14(15)11(8-13)9-16-5-2/h6-8,12,16-17H,4-5,9-10H2,1-3H3. The van der Waals surface area contributed by atoms with Crippen LogP contribution in [0, 0.1) is 0 Å². The molecule has 0 aliphatic carbocycles. The molecule has 0 aromatic heterocycles. The summed E-state index contributed by atoms with van der Waals surface area (Å²) in [7, 11) is -2.03. The van der Waals surface area contributed by atoms with E-state index in [1.807, 2.05) is 13.8 Å². The van der Waals surface area contributed by atoms with Crippen LogP contribution in [0.15, 0.2) is 23.1 Å². The number of ether oxygens (including phenoxy) is 1. The maximum atomic E-state index is 12.4. The molecule has 2 N–H and O–H groups in total. The summed E-state index contributed by atoms with van der Waals surface area (Å²) in [6.45, 7) is 5.55. The molecule has 1 rings (SSSR count). The van der Waals surface area contributed by atoms with Gasteiger partial charge in [-0.25, -0.2) is 13.1 Å². The van der Waals surface area contributed by atoms with E-state index < -0.39 is 10.0 Å². The van der Waals surface area contributed by atoms with Gasteiger partial charge in [-0.2, -0.15) is 0 Å². The minimum Gasteiger partial charge on any atom is -0.383 e. The van der Waals surface area contributed by atoms with Gasteiger partial charge < -0.3 is 10.1 Å². The van der Waals surface area contributed by atoms with Gasteiger partial charge in [0.2, 0.25) is 10.0 Å². The van der Waals surface area contributed by atoms with E-state index in [-0.39, 0.29) is 10.9 Å². The molecular weight excluding hydrogens is 312 g/mol. The molecule has 0 amide bonds. The average molecular weight is 335 g/mol. The van der Waals surface area contributed by atoms with Crippen molar-refractivity contribution < 1.29 is 13.2 Å². The first-order valence-corrected chi connectivity index (χ1v) is 8.81. The van der Waals surface area contributed by atoms with Crippen molar-refractivity contribution in [3.8, 4) is 0 Å². The third-order valence-corrected chi connectivity index (χ3v) is 4.96. The van der Waals surface area contributed by atoms with Gasteiger partial charge in [0.05, 0.1) is 11.5 Å². The number of hydrogen-bond acceptors (Lipinski definition) is 4. The Bertz CT molecular complexity index is 549. The van der Waals surface area contributed by atoms with Crippen LogP contribution in [0.1, 0.15) is 25.8 Å². The lowest BCUT2D eigenvalue weighted by atomic mass is 10.2. The van der Waals surface area contributed by atoms with E-state index in [1.165, 1.54) is 6.07 Å². The fourth-order valence-corrected chi connectivity index (χ4v) is 3.38. The molecule has 0 saturated heterocycles. The summed E-state index contributed by atoms with van der Waals surface area (Å²) in [4.78, 5) is 0.217. The van der Waals surface area contributed by atoms with Gasteiger partial charge in [0, 0.05) is 24.7 Å². The van der Waals surface area contributed by atoms with Crippen LogP contribution >= 0.6 is 11.6 Å². The highest BCUT2D eigenvalue weighted by molar-refractivity contribution is 7.89. The molecule has 0 radical (unpaired) electrons. The van der Waals surface area contributed by atoms with Gasteiger partial charge >= 0.3 is 0 Å². The first-order chi connectivity index (χ1) is 9.94. The predicted molar refractivity (Wildman–Crippen MR) is 85.1 cm³/mol. The lowest BCUT2D eigenvalue weighted by Crippen LogP contribution is -2.37. The van der Waals surface area contributed by atoms with E-state index in [9.17, 15) is 8.42 Å². The molecule has 21 heavy (non-hydrogen) atoms. The Balaban J connectivity index is 2.97. The van der Waals surface area contributed by atoms with Crippen molar-refractivity contribution >= 4 is 21.6 Å². The van der Waals surface area contributed by atoms with Gasteiger partial charge in [0.15, 0.2) is 0 Å². The Morgan fingerprint density at radius 3 is 2.62 bits per heavy atom. The summed E-state index contributed by atoms with van der Waals surface area (Å²) in [5, 5.41) is 3.69. The second kappa shape index (κ2) is 8.70. The summed E-state index contributed by atoms with van der Waals surface area (Å²) in [5.74, 6) is 0. The number of rotatable bonds is 9. The van der Waals surface area contributed by atoms with Crippen LogP contribution in [0.2, 0.25) is 5.02 Å². The summed E-state index contributed by atoms with van der Waals surface area (Å²) < 4.78 is 32.4. The third-order valence-electron chi connectivity index (χ3n) is 3.08. The topological polar surface area (TPSA) is 67.4 Å². The zero-order chi connectivity index (χ0) is 15.9. The molecule has 0 saturated carbocycles. The molecule has 1 aromatic rings. The lowest BCUT2D eigenvalue weighted by Gasteiger charge is -2.17. The van der Waals surface area contributed by atoms with Crippen LogP contribution < -0.4 is 10.0 Å². The van der Waals surface area contributed by atoms with Crippen molar-refractivity contribution in [2.75, 3.05) is 20.3 Å². The fourth-order valence-electron chi connectivity index (χ4n) is 1.84. The van der Waals surface area contributed by atoms with Gasteiger partial charge in [-0.1, -0.05) is 25.4 Å². The van der Waals surface area contributed by atoms with Crippen molar-refractivity contribution in [1.82, 2.24) is 10.0 Å². The molecular formula is C14H23ClN2O3S. The zero-order valence-electron chi connectivity index (χ0n) is 12.6. The van der Waals surface area contributed by atoms with Crippen LogP contribution in [0.5, 0.6) is 0 Å². The van der Waals surface area contributed by atoms with E-state index in [1.54, 1.807) is 19.2 Å². The molecule has 1 atom stereocenters. The third kappa shape index (κ3) is 5.56. The zero-order valence-corrected chi connectivity index (χ0v) is 14.2. The molecule has 1 aromatic carbocycles. The fraction of sp³-hybridized carbons (Fsp3) is 0.571. The number of methoxy groups -OCH3 is 1. The van der Waals surface area contributed by atoms with Gasteiger partial charge in [-0.3, -0.25) is 0 Å². The molecule has 0 bridgehead atoms. The molecule has 0 aliphatic rings. The smallest absolute Gasteiger partial charge is 0.240 e. The number of sulfonamides is 1. The van der Waals surface area contributed by atoms with Crippen molar-refractivity contribution in [3.05, 3.63) is 28.8 Å². The van der Waals surface area contributed by atoms with Crippen LogP contribution in [0.3, 0.4) is 0 Å². The van der Waals surface area contributed by atoms with E-state index in [4.69, 9.17) is 16.3 Å². The Kier molecular flexibility index (Phi) is 7.62. The van der Waals surface area contributed by atoms with Gasteiger partial charge in [0.1, 0.15) is 0 Å². The number of nitrogens with one attached hydrogen (secondary N) is 2. The molecule has 1 unspecified atom stereocenters. The maximum absolute atomic E-state index is 12.4.